The van der Waals surface area contributed by atoms with E-state index in [2.05, 4.69) is 42.2 Å². The molecule has 3 heterocycles. The highest BCUT2D eigenvalue weighted by molar-refractivity contribution is 9.10. The number of aryl methyl sites for hydroxylation is 1. The summed E-state index contributed by atoms with van der Waals surface area (Å²) < 4.78 is 0.912. The van der Waals surface area contributed by atoms with Crippen LogP contribution in [0.25, 0.3) is 0 Å². The molecule has 0 spiro atoms. The summed E-state index contributed by atoms with van der Waals surface area (Å²) in [6, 6.07) is 4.08. The Hall–Kier alpha value is -1.85. The molecular weight excluding hydrogens is 378 g/mol. The van der Waals surface area contributed by atoms with E-state index in [0.717, 1.165) is 41.2 Å². The zero-order chi connectivity index (χ0) is 16.4. The highest BCUT2D eigenvalue weighted by Gasteiger charge is 2.23. The molecule has 0 radical (unpaired) electrons. The average Bonchev–Trinajstić information content (AvgIpc) is 3.15. The fourth-order valence-electron chi connectivity index (χ4n) is 2.60. The molecule has 0 saturated carbocycles. The molecule has 0 unspecified atom stereocenters. The number of aromatic amines is 1. The maximum absolute atomic E-state index is 12.2. The number of anilines is 1. The van der Waals surface area contributed by atoms with E-state index < -0.39 is 0 Å². The molecule has 0 aliphatic carbocycles. The Labute approximate surface area is 146 Å². The van der Waals surface area contributed by atoms with E-state index in [9.17, 15) is 4.79 Å². The number of nitrogens with one attached hydrogen (secondary N) is 2. The van der Waals surface area contributed by atoms with Crippen molar-refractivity contribution in [2.24, 2.45) is 0 Å². The largest absolute Gasteiger partial charge is 0.354 e. The number of rotatable bonds is 3. The monoisotopic (exact) mass is 393 g/mol. The summed E-state index contributed by atoms with van der Waals surface area (Å²) in [5, 5.41) is 12.8. The van der Waals surface area contributed by atoms with E-state index in [-0.39, 0.29) is 11.9 Å². The zero-order valence-electron chi connectivity index (χ0n) is 12.6. The standard InChI is InChI=1S/C15H16BrN5OS/c1-9-12(16)6-13(19-9)14(22)20-10-2-4-21(5-3-10)15-18-8-11(7-17)23-15/h6,8,10,19H,2-5H2,1H3,(H,20,22). The second kappa shape index (κ2) is 6.72. The van der Waals surface area contributed by atoms with Crippen molar-refractivity contribution in [1.29, 1.82) is 5.26 Å². The third-order valence-electron chi connectivity index (χ3n) is 3.90. The number of hydrogen-bond donors (Lipinski definition) is 2. The fourth-order valence-corrected chi connectivity index (χ4v) is 3.69. The number of H-pyrrole nitrogens is 1. The Morgan fingerprint density at radius 3 is 2.87 bits per heavy atom. The number of nitriles is 1. The molecular formula is C15H16BrN5OS. The third-order valence-corrected chi connectivity index (χ3v) is 5.69. The summed E-state index contributed by atoms with van der Waals surface area (Å²) in [4.78, 5) is 22.4. The SMILES string of the molecule is Cc1[nH]c(C(=O)NC2CCN(c3ncc(C#N)s3)CC2)cc1Br. The van der Waals surface area contributed by atoms with Crippen LogP contribution < -0.4 is 10.2 Å². The number of nitrogens with zero attached hydrogens (tertiary/aromatic N) is 3. The number of carbonyl (C=O) groups is 1. The van der Waals surface area contributed by atoms with Gasteiger partial charge in [-0.2, -0.15) is 5.26 Å². The molecule has 8 heteroatoms. The molecule has 0 aromatic carbocycles. The van der Waals surface area contributed by atoms with Crippen LogP contribution in [0.5, 0.6) is 0 Å². The summed E-state index contributed by atoms with van der Waals surface area (Å²) in [7, 11) is 0. The molecule has 0 atom stereocenters. The number of carbonyl (C=O) groups excluding carboxylic acids is 1. The lowest BCUT2D eigenvalue weighted by Crippen LogP contribution is -2.44. The van der Waals surface area contributed by atoms with Crippen molar-refractivity contribution >= 4 is 38.3 Å². The fraction of sp³-hybridized carbons (Fsp3) is 0.400. The topological polar surface area (TPSA) is 84.8 Å². The van der Waals surface area contributed by atoms with Gasteiger partial charge in [-0.1, -0.05) is 11.3 Å². The van der Waals surface area contributed by atoms with Gasteiger partial charge < -0.3 is 15.2 Å². The lowest BCUT2D eigenvalue weighted by molar-refractivity contribution is 0.0926. The van der Waals surface area contributed by atoms with Crippen LogP contribution in [0.4, 0.5) is 5.13 Å². The summed E-state index contributed by atoms with van der Waals surface area (Å²) >= 11 is 4.82. The third kappa shape index (κ3) is 3.57. The highest BCUT2D eigenvalue weighted by atomic mass is 79.9. The van der Waals surface area contributed by atoms with Crippen molar-refractivity contribution < 1.29 is 4.79 Å². The second-order valence-corrected chi connectivity index (χ2v) is 7.37. The second-order valence-electron chi connectivity index (χ2n) is 5.51. The minimum Gasteiger partial charge on any atom is -0.354 e. The van der Waals surface area contributed by atoms with Crippen LogP contribution in [0.1, 0.15) is 33.9 Å². The molecule has 2 N–H and O–H groups in total. The Morgan fingerprint density at radius 2 is 2.30 bits per heavy atom. The van der Waals surface area contributed by atoms with Gasteiger partial charge in [-0.15, -0.1) is 0 Å². The van der Waals surface area contributed by atoms with Crippen molar-refractivity contribution in [2.75, 3.05) is 18.0 Å². The molecule has 23 heavy (non-hydrogen) atoms. The smallest absolute Gasteiger partial charge is 0.267 e. The molecule has 0 bridgehead atoms. The molecule has 2 aromatic rings. The number of thiazole rings is 1. The van der Waals surface area contributed by atoms with Crippen molar-refractivity contribution in [2.45, 2.75) is 25.8 Å². The van der Waals surface area contributed by atoms with Gasteiger partial charge in [-0.25, -0.2) is 4.98 Å². The minimum absolute atomic E-state index is 0.0711. The quantitative estimate of drug-likeness (QED) is 0.839. The van der Waals surface area contributed by atoms with E-state index in [1.165, 1.54) is 11.3 Å². The first-order valence-corrected chi connectivity index (χ1v) is 8.94. The highest BCUT2D eigenvalue weighted by Crippen LogP contribution is 2.25. The van der Waals surface area contributed by atoms with Crippen LogP contribution in [0, 0.1) is 18.3 Å². The number of piperidine rings is 1. The van der Waals surface area contributed by atoms with E-state index in [0.29, 0.717) is 10.6 Å². The van der Waals surface area contributed by atoms with Crippen molar-refractivity contribution in [3.8, 4) is 6.07 Å². The Kier molecular flexibility index (Phi) is 4.68. The summed E-state index contributed by atoms with van der Waals surface area (Å²) in [5.41, 5.74) is 1.53. The zero-order valence-corrected chi connectivity index (χ0v) is 15.0. The Bertz CT molecular complexity index is 735. The molecule has 1 fully saturated rings. The molecule has 120 valence electrons. The van der Waals surface area contributed by atoms with E-state index in [4.69, 9.17) is 5.26 Å². The van der Waals surface area contributed by atoms with Gasteiger partial charge in [0.15, 0.2) is 5.13 Å². The molecule has 1 amide bonds. The van der Waals surface area contributed by atoms with Gasteiger partial charge in [0, 0.05) is 29.3 Å². The predicted octanol–water partition coefficient (Wildman–Crippen LogP) is 2.81. The van der Waals surface area contributed by atoms with Crippen LogP contribution in [-0.4, -0.2) is 35.0 Å². The normalized spacial score (nSPS) is 15.4. The van der Waals surface area contributed by atoms with Gasteiger partial charge >= 0.3 is 0 Å². The summed E-state index contributed by atoms with van der Waals surface area (Å²) in [6.45, 7) is 3.58. The molecule has 1 aliphatic rings. The van der Waals surface area contributed by atoms with Gasteiger partial charge in [0.25, 0.3) is 5.91 Å². The van der Waals surface area contributed by atoms with Gasteiger partial charge in [0.2, 0.25) is 0 Å². The molecule has 3 rings (SSSR count). The van der Waals surface area contributed by atoms with E-state index >= 15 is 0 Å². The van der Waals surface area contributed by atoms with Crippen molar-refractivity contribution in [3.63, 3.8) is 0 Å². The van der Waals surface area contributed by atoms with Crippen molar-refractivity contribution in [1.82, 2.24) is 15.3 Å². The first kappa shape index (κ1) is 16.0. The number of hydrogen-bond acceptors (Lipinski definition) is 5. The summed E-state index contributed by atoms with van der Waals surface area (Å²) in [6.07, 6.45) is 3.35. The Balaban J connectivity index is 1.55. The van der Waals surface area contributed by atoms with Crippen molar-refractivity contribution in [3.05, 3.63) is 33.0 Å². The average molecular weight is 394 g/mol. The predicted molar refractivity (Wildman–Crippen MR) is 92.8 cm³/mol. The Morgan fingerprint density at radius 1 is 1.57 bits per heavy atom. The van der Waals surface area contributed by atoms with Crippen LogP contribution in [0.3, 0.4) is 0 Å². The maximum atomic E-state index is 12.2. The van der Waals surface area contributed by atoms with Crippen LogP contribution >= 0.6 is 27.3 Å². The summed E-state index contributed by atoms with van der Waals surface area (Å²) in [5.74, 6) is -0.0711. The molecule has 6 nitrogen and oxygen atoms in total. The van der Waals surface area contributed by atoms with E-state index in [1.807, 2.05) is 6.92 Å². The van der Waals surface area contributed by atoms with Gasteiger partial charge in [0.1, 0.15) is 16.6 Å². The van der Waals surface area contributed by atoms with Crippen LogP contribution in [-0.2, 0) is 0 Å². The lowest BCUT2D eigenvalue weighted by atomic mass is 10.1. The van der Waals surface area contributed by atoms with Gasteiger partial charge in [0.05, 0.1) is 6.20 Å². The maximum Gasteiger partial charge on any atom is 0.267 e. The minimum atomic E-state index is -0.0711. The van der Waals surface area contributed by atoms with E-state index in [1.54, 1.807) is 12.3 Å². The van der Waals surface area contributed by atoms with Gasteiger partial charge in [-0.3, -0.25) is 4.79 Å². The molecule has 1 aliphatic heterocycles. The number of aromatic nitrogens is 2. The van der Waals surface area contributed by atoms with Crippen LogP contribution in [0.2, 0.25) is 0 Å². The molecule has 2 aromatic heterocycles. The van der Waals surface area contributed by atoms with Crippen LogP contribution in [0.15, 0.2) is 16.7 Å². The number of amides is 1. The number of halogens is 1. The lowest BCUT2D eigenvalue weighted by Gasteiger charge is -2.32. The molecule has 1 saturated heterocycles. The first-order chi connectivity index (χ1) is 11.1. The first-order valence-electron chi connectivity index (χ1n) is 7.33. The van der Waals surface area contributed by atoms with Gasteiger partial charge in [-0.05, 0) is 41.8 Å².